The fourth-order valence-electron chi connectivity index (χ4n) is 2.38. The maximum atomic E-state index is 12.4. The van der Waals surface area contributed by atoms with Gasteiger partial charge >= 0.3 is 0 Å². The molecule has 24 heavy (non-hydrogen) atoms. The van der Waals surface area contributed by atoms with Crippen LogP contribution in [0.4, 0.5) is 0 Å². The van der Waals surface area contributed by atoms with E-state index in [1.165, 1.54) is 6.92 Å². The highest BCUT2D eigenvalue weighted by molar-refractivity contribution is 7.11. The summed E-state index contributed by atoms with van der Waals surface area (Å²) >= 11 is 1.60. The number of ketones is 1. The Morgan fingerprint density at radius 1 is 1.33 bits per heavy atom. The van der Waals surface area contributed by atoms with Gasteiger partial charge in [0.15, 0.2) is 12.4 Å². The van der Waals surface area contributed by atoms with Crippen molar-refractivity contribution < 1.29 is 14.3 Å². The lowest BCUT2D eigenvalue weighted by Gasteiger charge is -2.24. The molecule has 0 fully saturated rings. The molecule has 0 bridgehead atoms. The average molecular weight is 346 g/mol. The van der Waals surface area contributed by atoms with Gasteiger partial charge in [-0.05, 0) is 39.8 Å². The second kappa shape index (κ2) is 7.57. The molecule has 1 amide bonds. The van der Waals surface area contributed by atoms with Crippen molar-refractivity contribution in [2.75, 3.05) is 13.7 Å². The Balaban J connectivity index is 2.00. The van der Waals surface area contributed by atoms with Gasteiger partial charge in [-0.3, -0.25) is 9.59 Å². The van der Waals surface area contributed by atoms with Crippen LogP contribution in [-0.2, 0) is 4.79 Å². The molecule has 0 radical (unpaired) electrons. The van der Waals surface area contributed by atoms with E-state index in [9.17, 15) is 9.59 Å². The Morgan fingerprint density at radius 3 is 2.62 bits per heavy atom. The number of aromatic nitrogens is 1. The Hall–Kier alpha value is -2.21. The number of thiazole rings is 1. The molecule has 0 saturated carbocycles. The summed E-state index contributed by atoms with van der Waals surface area (Å²) in [6, 6.07) is 6.79. The van der Waals surface area contributed by atoms with Crippen molar-refractivity contribution in [3.05, 3.63) is 45.4 Å². The number of rotatable bonds is 6. The number of amides is 1. The van der Waals surface area contributed by atoms with Crippen molar-refractivity contribution in [3.8, 4) is 5.75 Å². The molecule has 0 aliphatic rings. The van der Waals surface area contributed by atoms with Crippen LogP contribution < -0.4 is 4.74 Å². The molecule has 1 atom stereocenters. The molecule has 2 aromatic rings. The fraction of sp³-hybridized carbons (Fsp3) is 0.389. The van der Waals surface area contributed by atoms with Crippen LogP contribution in [0.5, 0.6) is 5.75 Å². The van der Waals surface area contributed by atoms with Gasteiger partial charge in [-0.15, -0.1) is 11.3 Å². The largest absolute Gasteiger partial charge is 0.484 e. The number of hydrogen-bond acceptors (Lipinski definition) is 5. The third kappa shape index (κ3) is 4.20. The maximum absolute atomic E-state index is 12.4. The quantitative estimate of drug-likeness (QED) is 0.751. The zero-order chi connectivity index (χ0) is 17.9. The van der Waals surface area contributed by atoms with E-state index >= 15 is 0 Å². The van der Waals surface area contributed by atoms with Crippen molar-refractivity contribution in [2.45, 2.75) is 33.7 Å². The molecule has 1 aromatic heterocycles. The number of nitrogens with zero attached hydrogens (tertiary/aromatic N) is 2. The third-order valence-electron chi connectivity index (χ3n) is 3.90. The first-order chi connectivity index (χ1) is 11.3. The first kappa shape index (κ1) is 18.1. The van der Waals surface area contributed by atoms with Crippen molar-refractivity contribution in [1.82, 2.24) is 9.88 Å². The van der Waals surface area contributed by atoms with E-state index in [2.05, 4.69) is 4.98 Å². The van der Waals surface area contributed by atoms with Crippen LogP contribution in [0.3, 0.4) is 0 Å². The Morgan fingerprint density at radius 2 is 2.04 bits per heavy atom. The Kier molecular flexibility index (Phi) is 5.72. The summed E-state index contributed by atoms with van der Waals surface area (Å²) in [7, 11) is 1.76. The van der Waals surface area contributed by atoms with E-state index < -0.39 is 0 Å². The van der Waals surface area contributed by atoms with Gasteiger partial charge in [0.2, 0.25) is 0 Å². The Labute approximate surface area is 146 Å². The number of carbonyl (C=O) groups is 2. The first-order valence-corrected chi connectivity index (χ1v) is 8.54. The molecular weight excluding hydrogens is 324 g/mol. The number of aryl methyl sites for hydroxylation is 2. The van der Waals surface area contributed by atoms with Crippen LogP contribution in [0.1, 0.15) is 45.8 Å². The van der Waals surface area contributed by atoms with Gasteiger partial charge in [0.05, 0.1) is 16.7 Å². The normalized spacial score (nSPS) is 11.9. The van der Waals surface area contributed by atoms with E-state index in [-0.39, 0.29) is 24.3 Å². The van der Waals surface area contributed by atoms with E-state index in [1.54, 1.807) is 47.5 Å². The molecule has 1 aromatic carbocycles. The smallest absolute Gasteiger partial charge is 0.260 e. The van der Waals surface area contributed by atoms with Crippen molar-refractivity contribution in [2.24, 2.45) is 0 Å². The Bertz CT molecular complexity index is 754. The highest BCUT2D eigenvalue weighted by Crippen LogP contribution is 2.28. The molecule has 0 saturated heterocycles. The fourth-order valence-corrected chi connectivity index (χ4v) is 3.40. The molecule has 6 heteroatoms. The molecule has 0 aliphatic heterocycles. The van der Waals surface area contributed by atoms with Crippen LogP contribution >= 0.6 is 11.3 Å². The lowest BCUT2D eigenvalue weighted by Crippen LogP contribution is -2.33. The SMILES string of the molecule is CC(=O)c1cccc(OCC(=O)N(C)[C@H](C)c2sc(C)nc2C)c1. The minimum atomic E-state index is -0.124. The predicted molar refractivity (Wildman–Crippen MR) is 94.7 cm³/mol. The molecule has 2 rings (SSSR count). The molecule has 128 valence electrons. The molecule has 0 unspecified atom stereocenters. The van der Waals surface area contributed by atoms with Crippen LogP contribution in [0.15, 0.2) is 24.3 Å². The number of hydrogen-bond donors (Lipinski definition) is 0. The molecule has 5 nitrogen and oxygen atoms in total. The standard InChI is InChI=1S/C18H22N2O3S/c1-11-18(24-14(4)19-11)12(2)20(5)17(22)10-23-16-8-6-7-15(9-16)13(3)21/h6-9,12H,10H2,1-5H3/t12-/m1/s1. The summed E-state index contributed by atoms with van der Waals surface area (Å²) in [6.45, 7) is 7.32. The van der Waals surface area contributed by atoms with E-state index in [4.69, 9.17) is 4.74 Å². The first-order valence-electron chi connectivity index (χ1n) is 7.73. The summed E-state index contributed by atoms with van der Waals surface area (Å²) in [5.74, 6) is 0.358. The van der Waals surface area contributed by atoms with Gasteiger partial charge in [0.1, 0.15) is 5.75 Å². The zero-order valence-corrected chi connectivity index (χ0v) is 15.4. The van der Waals surface area contributed by atoms with Crippen molar-refractivity contribution in [3.63, 3.8) is 0 Å². The van der Waals surface area contributed by atoms with Gasteiger partial charge in [0.25, 0.3) is 5.91 Å². The molecular formula is C18H22N2O3S. The lowest BCUT2D eigenvalue weighted by atomic mass is 10.1. The zero-order valence-electron chi connectivity index (χ0n) is 14.6. The summed E-state index contributed by atoms with van der Waals surface area (Å²) in [4.78, 5) is 30.9. The third-order valence-corrected chi connectivity index (χ3v) is 5.14. The second-order valence-electron chi connectivity index (χ2n) is 5.74. The van der Waals surface area contributed by atoms with Gasteiger partial charge in [-0.1, -0.05) is 12.1 Å². The van der Waals surface area contributed by atoms with Crippen LogP contribution in [0.2, 0.25) is 0 Å². The summed E-state index contributed by atoms with van der Waals surface area (Å²) in [6.07, 6.45) is 0. The van der Waals surface area contributed by atoms with Crippen LogP contribution in [0.25, 0.3) is 0 Å². The monoisotopic (exact) mass is 346 g/mol. The number of likely N-dealkylation sites (N-methyl/N-ethyl adjacent to an activating group) is 1. The molecule has 0 aliphatic carbocycles. The number of benzene rings is 1. The van der Waals surface area contributed by atoms with Gasteiger partial charge in [-0.25, -0.2) is 4.98 Å². The van der Waals surface area contributed by atoms with Crippen LogP contribution in [-0.4, -0.2) is 35.2 Å². The van der Waals surface area contributed by atoms with E-state index in [0.717, 1.165) is 15.6 Å². The number of ether oxygens (including phenoxy) is 1. The highest BCUT2D eigenvalue weighted by Gasteiger charge is 2.21. The number of carbonyl (C=O) groups excluding carboxylic acids is 2. The average Bonchev–Trinajstić information content (AvgIpc) is 2.89. The predicted octanol–water partition coefficient (Wildman–Crippen LogP) is 3.56. The maximum Gasteiger partial charge on any atom is 0.260 e. The van der Waals surface area contributed by atoms with E-state index in [1.807, 2.05) is 20.8 Å². The summed E-state index contributed by atoms with van der Waals surface area (Å²) < 4.78 is 5.55. The lowest BCUT2D eigenvalue weighted by molar-refractivity contribution is -0.133. The minimum absolute atomic E-state index is 0.0337. The second-order valence-corrected chi connectivity index (χ2v) is 6.97. The van der Waals surface area contributed by atoms with E-state index in [0.29, 0.717) is 11.3 Å². The molecule has 1 heterocycles. The van der Waals surface area contributed by atoms with Gasteiger partial charge in [0, 0.05) is 17.5 Å². The van der Waals surface area contributed by atoms with Gasteiger partial charge < -0.3 is 9.64 Å². The number of Topliss-reactive ketones (excluding diaryl/α,β-unsaturated/α-hetero) is 1. The minimum Gasteiger partial charge on any atom is -0.484 e. The van der Waals surface area contributed by atoms with Crippen molar-refractivity contribution in [1.29, 1.82) is 0 Å². The summed E-state index contributed by atoms with van der Waals surface area (Å²) in [5.41, 5.74) is 1.53. The van der Waals surface area contributed by atoms with Crippen molar-refractivity contribution >= 4 is 23.0 Å². The summed E-state index contributed by atoms with van der Waals surface area (Å²) in [5, 5.41) is 0.993. The van der Waals surface area contributed by atoms with Gasteiger partial charge in [-0.2, -0.15) is 0 Å². The molecule has 0 N–H and O–H groups in total. The van der Waals surface area contributed by atoms with Crippen LogP contribution in [0, 0.1) is 13.8 Å². The topological polar surface area (TPSA) is 59.5 Å². The molecule has 0 spiro atoms. The highest BCUT2D eigenvalue weighted by atomic mass is 32.1.